The summed E-state index contributed by atoms with van der Waals surface area (Å²) in [5, 5.41) is 2.95. The number of halogens is 1. The Labute approximate surface area is 122 Å². The Kier molecular flexibility index (Phi) is 4.23. The molecule has 2 atom stereocenters. The summed E-state index contributed by atoms with van der Waals surface area (Å²) in [6.45, 7) is 0.320. The van der Waals surface area contributed by atoms with Gasteiger partial charge in [0.15, 0.2) is 9.84 Å². The minimum Gasteiger partial charge on any atom is -0.377 e. The largest absolute Gasteiger partial charge is 0.377 e. The monoisotopic (exact) mass is 346 g/mol. The molecular formula is C13H19BrN2O2S. The van der Waals surface area contributed by atoms with Crippen molar-refractivity contribution < 1.29 is 8.42 Å². The Balaban J connectivity index is 2.30. The first-order valence-electron chi connectivity index (χ1n) is 6.30. The zero-order valence-electron chi connectivity index (χ0n) is 10.9. The molecule has 1 aromatic rings. The minimum absolute atomic E-state index is 0.320. The molecule has 4 nitrogen and oxygen atoms in total. The van der Waals surface area contributed by atoms with Crippen molar-refractivity contribution in [2.45, 2.75) is 30.1 Å². The molecule has 3 N–H and O–H groups in total. The maximum Gasteiger partial charge on any atom is 0.152 e. The van der Waals surface area contributed by atoms with E-state index in [0.717, 1.165) is 23.0 Å². The van der Waals surface area contributed by atoms with Crippen LogP contribution in [0.15, 0.2) is 28.7 Å². The molecule has 1 saturated carbocycles. The van der Waals surface area contributed by atoms with Gasteiger partial charge >= 0.3 is 0 Å². The lowest BCUT2D eigenvalue weighted by molar-refractivity contribution is 0.479. The van der Waals surface area contributed by atoms with E-state index < -0.39 is 20.6 Å². The van der Waals surface area contributed by atoms with E-state index in [0.29, 0.717) is 13.0 Å². The van der Waals surface area contributed by atoms with Crippen molar-refractivity contribution >= 4 is 31.5 Å². The molecule has 19 heavy (non-hydrogen) atoms. The molecule has 0 aliphatic heterocycles. The van der Waals surface area contributed by atoms with Crippen molar-refractivity contribution in [3.63, 3.8) is 0 Å². The molecule has 1 aliphatic carbocycles. The molecule has 0 bridgehead atoms. The summed E-state index contributed by atoms with van der Waals surface area (Å²) < 4.78 is 24.9. The number of nitrogens with two attached hydrogens (primary N) is 1. The van der Waals surface area contributed by atoms with Gasteiger partial charge in [0.25, 0.3) is 0 Å². The highest BCUT2D eigenvalue weighted by Crippen LogP contribution is 2.37. The normalized spacial score (nSPS) is 27.4. The summed E-state index contributed by atoms with van der Waals surface area (Å²) in [6.07, 6.45) is 3.66. The van der Waals surface area contributed by atoms with Gasteiger partial charge in [-0.1, -0.05) is 15.9 Å². The molecule has 0 radical (unpaired) electrons. The first-order valence-corrected chi connectivity index (χ1v) is 9.05. The Hall–Kier alpha value is -0.590. The third-order valence-corrected chi connectivity index (χ3v) is 6.07. The van der Waals surface area contributed by atoms with Crippen molar-refractivity contribution in [2.24, 2.45) is 5.73 Å². The van der Waals surface area contributed by atoms with E-state index >= 15 is 0 Å². The zero-order valence-corrected chi connectivity index (χ0v) is 13.3. The molecular weight excluding hydrogens is 328 g/mol. The second kappa shape index (κ2) is 5.42. The topological polar surface area (TPSA) is 72.2 Å². The van der Waals surface area contributed by atoms with Crippen LogP contribution in [0.1, 0.15) is 19.3 Å². The quantitative estimate of drug-likeness (QED) is 0.876. The number of hydrogen-bond donors (Lipinski definition) is 2. The molecule has 1 fully saturated rings. The van der Waals surface area contributed by atoms with E-state index in [1.165, 1.54) is 6.26 Å². The number of rotatable bonds is 4. The van der Waals surface area contributed by atoms with Crippen molar-refractivity contribution in [1.82, 2.24) is 0 Å². The fourth-order valence-corrected chi connectivity index (χ4v) is 4.86. The summed E-state index contributed by atoms with van der Waals surface area (Å²) in [5.74, 6) is 0. The molecule has 2 rings (SSSR count). The predicted molar refractivity (Wildman–Crippen MR) is 82.0 cm³/mol. The van der Waals surface area contributed by atoms with Gasteiger partial charge in [-0.3, -0.25) is 0 Å². The number of anilines is 1. The second-order valence-corrected chi connectivity index (χ2v) is 8.35. The molecule has 106 valence electrons. The summed E-state index contributed by atoms with van der Waals surface area (Å²) in [6, 6.07) is 7.71. The number of sulfone groups is 1. The lowest BCUT2D eigenvalue weighted by Crippen LogP contribution is -2.54. The average Bonchev–Trinajstić information content (AvgIpc) is 2.76. The molecule has 0 aromatic heterocycles. The predicted octanol–water partition coefficient (Wildman–Crippen LogP) is 2.16. The van der Waals surface area contributed by atoms with Gasteiger partial charge in [-0.2, -0.15) is 0 Å². The van der Waals surface area contributed by atoms with Gasteiger partial charge in [0, 0.05) is 23.0 Å². The third-order valence-electron chi connectivity index (χ3n) is 3.82. The molecule has 1 aromatic carbocycles. The first kappa shape index (κ1) is 14.8. The van der Waals surface area contributed by atoms with Crippen molar-refractivity contribution in [1.29, 1.82) is 0 Å². The first-order chi connectivity index (χ1) is 8.87. The van der Waals surface area contributed by atoms with Crippen molar-refractivity contribution in [2.75, 3.05) is 18.1 Å². The standard InChI is InChI=1S/C13H19BrN2O2S/c1-19(17,18)12-3-2-8-13(12,9-15)16-11-6-4-10(14)5-7-11/h4-7,12,16H,2-3,8-9,15H2,1H3. The Bertz CT molecular complexity index is 544. The van der Waals surface area contributed by atoms with Crippen LogP contribution in [0.2, 0.25) is 0 Å². The summed E-state index contributed by atoms with van der Waals surface area (Å²) >= 11 is 3.38. The van der Waals surface area contributed by atoms with Crippen molar-refractivity contribution in [3.8, 4) is 0 Å². The molecule has 0 saturated heterocycles. The molecule has 0 spiro atoms. The number of benzene rings is 1. The van der Waals surface area contributed by atoms with E-state index in [1.807, 2.05) is 24.3 Å². The third kappa shape index (κ3) is 3.12. The second-order valence-electron chi connectivity index (χ2n) is 5.20. The highest BCUT2D eigenvalue weighted by atomic mass is 79.9. The lowest BCUT2D eigenvalue weighted by atomic mass is 9.97. The van der Waals surface area contributed by atoms with E-state index in [-0.39, 0.29) is 0 Å². The molecule has 0 heterocycles. The minimum atomic E-state index is -3.10. The highest BCUT2D eigenvalue weighted by Gasteiger charge is 2.47. The fourth-order valence-electron chi connectivity index (χ4n) is 2.91. The summed E-state index contributed by atoms with van der Waals surface area (Å²) in [4.78, 5) is 0. The van der Waals surface area contributed by atoms with Crippen LogP contribution in [0.5, 0.6) is 0 Å². The van der Waals surface area contributed by atoms with Crippen LogP contribution in [0.3, 0.4) is 0 Å². The van der Waals surface area contributed by atoms with E-state index in [1.54, 1.807) is 0 Å². The van der Waals surface area contributed by atoms with Gasteiger partial charge in [0.1, 0.15) is 0 Å². The van der Waals surface area contributed by atoms with Crippen LogP contribution in [0.4, 0.5) is 5.69 Å². The average molecular weight is 347 g/mol. The lowest BCUT2D eigenvalue weighted by Gasteiger charge is -2.35. The van der Waals surface area contributed by atoms with Gasteiger partial charge in [-0.25, -0.2) is 8.42 Å². The van der Waals surface area contributed by atoms with Gasteiger partial charge < -0.3 is 11.1 Å². The Morgan fingerprint density at radius 3 is 2.58 bits per heavy atom. The Morgan fingerprint density at radius 1 is 1.42 bits per heavy atom. The van der Waals surface area contributed by atoms with E-state index in [9.17, 15) is 8.42 Å². The smallest absolute Gasteiger partial charge is 0.152 e. The molecule has 1 aliphatic rings. The number of nitrogens with one attached hydrogen (secondary N) is 1. The highest BCUT2D eigenvalue weighted by molar-refractivity contribution is 9.10. The molecule has 6 heteroatoms. The van der Waals surface area contributed by atoms with Crippen LogP contribution < -0.4 is 11.1 Å². The van der Waals surface area contributed by atoms with Crippen LogP contribution >= 0.6 is 15.9 Å². The van der Waals surface area contributed by atoms with E-state index in [2.05, 4.69) is 21.2 Å². The maximum absolute atomic E-state index is 11.9. The maximum atomic E-state index is 11.9. The van der Waals surface area contributed by atoms with Crippen LogP contribution in [0.25, 0.3) is 0 Å². The Morgan fingerprint density at radius 2 is 2.05 bits per heavy atom. The van der Waals surface area contributed by atoms with Gasteiger partial charge in [-0.05, 0) is 43.5 Å². The van der Waals surface area contributed by atoms with Crippen LogP contribution in [-0.2, 0) is 9.84 Å². The fraction of sp³-hybridized carbons (Fsp3) is 0.538. The van der Waals surface area contributed by atoms with Gasteiger partial charge in [0.05, 0.1) is 10.8 Å². The van der Waals surface area contributed by atoms with Crippen LogP contribution in [-0.4, -0.2) is 32.0 Å². The SMILES string of the molecule is CS(=O)(=O)C1CCCC1(CN)Nc1ccc(Br)cc1. The van der Waals surface area contributed by atoms with Gasteiger partial charge in [0.2, 0.25) is 0 Å². The summed E-state index contributed by atoms with van der Waals surface area (Å²) in [7, 11) is -3.10. The van der Waals surface area contributed by atoms with Gasteiger partial charge in [-0.15, -0.1) is 0 Å². The van der Waals surface area contributed by atoms with Crippen molar-refractivity contribution in [3.05, 3.63) is 28.7 Å². The van der Waals surface area contributed by atoms with Crippen LogP contribution in [0, 0.1) is 0 Å². The summed E-state index contributed by atoms with van der Waals surface area (Å²) in [5.41, 5.74) is 6.26. The molecule has 0 amide bonds. The van der Waals surface area contributed by atoms with E-state index in [4.69, 9.17) is 5.73 Å². The number of hydrogen-bond acceptors (Lipinski definition) is 4. The zero-order chi connectivity index (χ0) is 14.1. The molecule has 2 unspecified atom stereocenters.